The number of nitrogens with one attached hydrogen (secondary N) is 3. The van der Waals surface area contributed by atoms with E-state index in [2.05, 4.69) is 16.0 Å². The maximum Gasteiger partial charge on any atom is 0.251 e. The third-order valence-corrected chi connectivity index (χ3v) is 4.55. The molecule has 5 nitrogen and oxygen atoms in total. The van der Waals surface area contributed by atoms with E-state index in [0.717, 1.165) is 11.1 Å². The summed E-state index contributed by atoms with van der Waals surface area (Å²) in [4.78, 5) is 24.5. The number of amides is 2. The monoisotopic (exact) mass is 405 g/mol. The molecular weight excluding hydrogens is 381 g/mol. The van der Waals surface area contributed by atoms with E-state index in [1.54, 1.807) is 36.4 Å². The summed E-state index contributed by atoms with van der Waals surface area (Å²) >= 11 is 0. The van der Waals surface area contributed by atoms with Gasteiger partial charge in [0.2, 0.25) is 5.91 Å². The van der Waals surface area contributed by atoms with Crippen molar-refractivity contribution in [1.82, 2.24) is 10.6 Å². The van der Waals surface area contributed by atoms with Crippen LogP contribution in [0.25, 0.3) is 0 Å². The molecular formula is C24H24FN3O2. The van der Waals surface area contributed by atoms with Crippen LogP contribution in [-0.2, 0) is 4.79 Å². The van der Waals surface area contributed by atoms with Crippen LogP contribution >= 0.6 is 0 Å². The molecule has 0 heterocycles. The first-order valence-corrected chi connectivity index (χ1v) is 9.78. The summed E-state index contributed by atoms with van der Waals surface area (Å²) in [6.07, 6.45) is 0. The number of hydrogen-bond acceptors (Lipinski definition) is 3. The van der Waals surface area contributed by atoms with E-state index in [1.165, 1.54) is 12.1 Å². The number of benzene rings is 3. The molecule has 0 aromatic heterocycles. The van der Waals surface area contributed by atoms with Gasteiger partial charge in [0.15, 0.2) is 0 Å². The van der Waals surface area contributed by atoms with Gasteiger partial charge in [0.25, 0.3) is 5.91 Å². The van der Waals surface area contributed by atoms with Crippen molar-refractivity contribution in [1.29, 1.82) is 0 Å². The lowest BCUT2D eigenvalue weighted by Gasteiger charge is -2.20. The number of rotatable bonds is 8. The topological polar surface area (TPSA) is 70.2 Å². The van der Waals surface area contributed by atoms with Gasteiger partial charge in [-0.25, -0.2) is 4.39 Å². The van der Waals surface area contributed by atoms with Gasteiger partial charge in [-0.3, -0.25) is 14.9 Å². The molecule has 0 saturated carbocycles. The summed E-state index contributed by atoms with van der Waals surface area (Å²) in [5.74, 6) is -0.742. The molecule has 0 spiro atoms. The molecule has 1 atom stereocenters. The zero-order valence-corrected chi connectivity index (χ0v) is 16.7. The van der Waals surface area contributed by atoms with Crippen LogP contribution in [-0.4, -0.2) is 24.9 Å². The highest BCUT2D eigenvalue weighted by Crippen LogP contribution is 2.22. The normalized spacial score (nSPS) is 11.5. The quantitative estimate of drug-likeness (QED) is 0.532. The van der Waals surface area contributed by atoms with Crippen LogP contribution in [0.4, 0.5) is 10.1 Å². The van der Waals surface area contributed by atoms with Crippen LogP contribution in [0.3, 0.4) is 0 Å². The number of anilines is 1. The Morgan fingerprint density at radius 1 is 0.900 bits per heavy atom. The summed E-state index contributed by atoms with van der Waals surface area (Å²) in [6.45, 7) is 2.42. The summed E-state index contributed by atoms with van der Waals surface area (Å²) in [7, 11) is 0. The highest BCUT2D eigenvalue weighted by atomic mass is 19.1. The Hall–Kier alpha value is -3.51. The summed E-state index contributed by atoms with van der Waals surface area (Å²) in [5.41, 5.74) is 2.85. The Kier molecular flexibility index (Phi) is 7.29. The van der Waals surface area contributed by atoms with E-state index >= 15 is 0 Å². The van der Waals surface area contributed by atoms with Crippen molar-refractivity contribution in [2.45, 2.75) is 13.0 Å². The molecule has 0 aliphatic carbocycles. The molecule has 3 aromatic rings. The van der Waals surface area contributed by atoms with E-state index in [9.17, 15) is 14.0 Å². The fraction of sp³-hybridized carbons (Fsp3) is 0.167. The van der Waals surface area contributed by atoms with Gasteiger partial charge in [-0.2, -0.15) is 0 Å². The van der Waals surface area contributed by atoms with E-state index in [4.69, 9.17) is 0 Å². The van der Waals surface area contributed by atoms with Crippen LogP contribution in [0, 0.1) is 5.82 Å². The predicted molar refractivity (Wildman–Crippen MR) is 116 cm³/mol. The van der Waals surface area contributed by atoms with Crippen LogP contribution in [0.15, 0.2) is 78.9 Å². The van der Waals surface area contributed by atoms with Gasteiger partial charge < -0.3 is 10.6 Å². The molecule has 0 saturated heterocycles. The minimum atomic E-state index is -0.310. The van der Waals surface area contributed by atoms with Crippen molar-refractivity contribution in [3.63, 3.8) is 0 Å². The predicted octanol–water partition coefficient (Wildman–Crippen LogP) is 3.89. The lowest BCUT2D eigenvalue weighted by atomic mass is 9.98. The molecule has 0 radical (unpaired) electrons. The van der Waals surface area contributed by atoms with Crippen molar-refractivity contribution in [3.05, 3.63) is 101 Å². The standard InChI is InChI=1S/C24H24FN3O2/c1-2-26-24(30)19-9-6-10-21(15-19)28-22(29)16-27-23(17-7-4-3-5-8-17)18-11-13-20(25)14-12-18/h3-15,23,27H,2,16H2,1H3,(H,26,30)(H,28,29). The molecule has 3 rings (SSSR count). The Labute approximate surface area is 175 Å². The Morgan fingerprint density at radius 3 is 2.30 bits per heavy atom. The number of halogens is 1. The molecule has 6 heteroatoms. The van der Waals surface area contributed by atoms with Crippen LogP contribution in [0.2, 0.25) is 0 Å². The largest absolute Gasteiger partial charge is 0.352 e. The molecule has 0 fully saturated rings. The molecule has 154 valence electrons. The van der Waals surface area contributed by atoms with Crippen LogP contribution in [0.1, 0.15) is 34.5 Å². The van der Waals surface area contributed by atoms with E-state index in [1.807, 2.05) is 37.3 Å². The van der Waals surface area contributed by atoms with Crippen molar-refractivity contribution in [2.75, 3.05) is 18.4 Å². The van der Waals surface area contributed by atoms with Gasteiger partial charge in [-0.15, -0.1) is 0 Å². The highest BCUT2D eigenvalue weighted by molar-refractivity contribution is 5.97. The van der Waals surface area contributed by atoms with Gasteiger partial charge >= 0.3 is 0 Å². The van der Waals surface area contributed by atoms with E-state index in [-0.39, 0.29) is 30.2 Å². The SMILES string of the molecule is CCNC(=O)c1cccc(NC(=O)CNC(c2ccccc2)c2ccc(F)cc2)c1. The highest BCUT2D eigenvalue weighted by Gasteiger charge is 2.15. The summed E-state index contributed by atoms with van der Waals surface area (Å²) < 4.78 is 13.3. The zero-order valence-electron chi connectivity index (χ0n) is 16.7. The number of carbonyl (C=O) groups is 2. The van der Waals surface area contributed by atoms with Gasteiger partial charge in [0, 0.05) is 17.8 Å². The lowest BCUT2D eigenvalue weighted by Crippen LogP contribution is -2.32. The summed E-state index contributed by atoms with van der Waals surface area (Å²) in [6, 6.07) is 22.4. The molecule has 0 aliphatic rings. The van der Waals surface area contributed by atoms with Crippen molar-refractivity contribution >= 4 is 17.5 Å². The zero-order chi connectivity index (χ0) is 21.3. The Morgan fingerprint density at radius 2 is 1.60 bits per heavy atom. The van der Waals surface area contributed by atoms with Crippen molar-refractivity contribution < 1.29 is 14.0 Å². The smallest absolute Gasteiger partial charge is 0.251 e. The second-order valence-electron chi connectivity index (χ2n) is 6.76. The number of carbonyl (C=O) groups excluding carboxylic acids is 2. The van der Waals surface area contributed by atoms with Gasteiger partial charge in [0.1, 0.15) is 5.82 Å². The average Bonchev–Trinajstić information content (AvgIpc) is 2.76. The number of hydrogen-bond donors (Lipinski definition) is 3. The Balaban J connectivity index is 1.68. The van der Waals surface area contributed by atoms with Gasteiger partial charge in [-0.05, 0) is 48.4 Å². The first kappa shape index (κ1) is 21.2. The van der Waals surface area contributed by atoms with Crippen molar-refractivity contribution in [3.8, 4) is 0 Å². The molecule has 3 aromatic carbocycles. The van der Waals surface area contributed by atoms with Gasteiger partial charge in [0.05, 0.1) is 12.6 Å². The average molecular weight is 405 g/mol. The molecule has 3 N–H and O–H groups in total. The first-order valence-electron chi connectivity index (χ1n) is 9.78. The molecule has 30 heavy (non-hydrogen) atoms. The minimum Gasteiger partial charge on any atom is -0.352 e. The minimum absolute atomic E-state index is 0.0440. The van der Waals surface area contributed by atoms with E-state index < -0.39 is 0 Å². The van der Waals surface area contributed by atoms with Gasteiger partial charge in [-0.1, -0.05) is 48.5 Å². The van der Waals surface area contributed by atoms with Crippen LogP contribution < -0.4 is 16.0 Å². The molecule has 0 aliphatic heterocycles. The maximum atomic E-state index is 13.3. The third kappa shape index (κ3) is 5.75. The first-order chi connectivity index (χ1) is 14.6. The van der Waals surface area contributed by atoms with Crippen molar-refractivity contribution in [2.24, 2.45) is 0 Å². The summed E-state index contributed by atoms with van der Waals surface area (Å²) in [5, 5.41) is 8.77. The second kappa shape index (κ2) is 10.3. The molecule has 0 bridgehead atoms. The van der Waals surface area contributed by atoms with Crippen LogP contribution in [0.5, 0.6) is 0 Å². The fourth-order valence-corrected chi connectivity index (χ4v) is 3.13. The Bertz CT molecular complexity index is 991. The third-order valence-electron chi connectivity index (χ3n) is 4.55. The van der Waals surface area contributed by atoms with E-state index in [0.29, 0.717) is 17.8 Å². The lowest BCUT2D eigenvalue weighted by molar-refractivity contribution is -0.115. The molecule has 2 amide bonds. The maximum absolute atomic E-state index is 13.3. The fourth-order valence-electron chi connectivity index (χ4n) is 3.13. The molecule has 1 unspecified atom stereocenters. The second-order valence-corrected chi connectivity index (χ2v) is 6.76.